The molecule has 1 aromatic rings. The number of carboxylic acid groups (broad SMARTS) is 1. The number of nitrogens with two attached hydrogens (primary N) is 1. The van der Waals surface area contributed by atoms with Crippen LogP contribution in [0.4, 0.5) is 5.69 Å². The third kappa shape index (κ3) is 3.76. The average molecular weight is 250 g/mol. The first kappa shape index (κ1) is 14.0. The molecule has 5 heteroatoms. The van der Waals surface area contributed by atoms with E-state index in [9.17, 15) is 9.59 Å². The number of nitrogens with one attached hydrogen (secondary N) is 1. The molecule has 18 heavy (non-hydrogen) atoms. The molecule has 0 radical (unpaired) electrons. The van der Waals surface area contributed by atoms with Gasteiger partial charge in [-0.25, -0.2) is 4.79 Å². The molecule has 0 aromatic heterocycles. The van der Waals surface area contributed by atoms with Crippen LogP contribution in [0.15, 0.2) is 18.2 Å². The zero-order chi connectivity index (χ0) is 13.5. The number of carboxylic acids is 1. The number of amides is 1. The van der Waals surface area contributed by atoms with E-state index < -0.39 is 11.9 Å². The molecule has 98 valence electrons. The highest BCUT2D eigenvalue weighted by Gasteiger charge is 2.11. The molecule has 1 rings (SSSR count). The van der Waals surface area contributed by atoms with Crippen LogP contribution >= 0.6 is 0 Å². The van der Waals surface area contributed by atoms with Crippen molar-refractivity contribution >= 4 is 17.6 Å². The summed E-state index contributed by atoms with van der Waals surface area (Å²) in [5.74, 6) is -1.59. The lowest BCUT2D eigenvalue weighted by atomic mass is 10.1. The van der Waals surface area contributed by atoms with Crippen molar-refractivity contribution in [2.75, 3.05) is 11.9 Å². The van der Waals surface area contributed by atoms with E-state index in [2.05, 4.69) is 12.2 Å². The summed E-state index contributed by atoms with van der Waals surface area (Å²) in [6.07, 6.45) is 3.14. The van der Waals surface area contributed by atoms with Gasteiger partial charge in [0, 0.05) is 12.2 Å². The van der Waals surface area contributed by atoms with Crippen LogP contribution in [0.5, 0.6) is 0 Å². The zero-order valence-corrected chi connectivity index (χ0v) is 10.4. The molecule has 4 N–H and O–H groups in total. The maximum atomic E-state index is 11.2. The topological polar surface area (TPSA) is 92.4 Å². The Morgan fingerprint density at radius 1 is 1.33 bits per heavy atom. The minimum Gasteiger partial charge on any atom is -0.478 e. The average Bonchev–Trinajstić information content (AvgIpc) is 2.34. The van der Waals surface area contributed by atoms with E-state index in [1.54, 1.807) is 0 Å². The van der Waals surface area contributed by atoms with Gasteiger partial charge in [-0.05, 0) is 24.6 Å². The fourth-order valence-corrected chi connectivity index (χ4v) is 1.64. The van der Waals surface area contributed by atoms with Crippen molar-refractivity contribution in [1.29, 1.82) is 0 Å². The zero-order valence-electron chi connectivity index (χ0n) is 10.4. The van der Waals surface area contributed by atoms with E-state index in [-0.39, 0.29) is 5.56 Å². The molecule has 0 aliphatic rings. The molecule has 0 heterocycles. The Morgan fingerprint density at radius 2 is 2.06 bits per heavy atom. The fourth-order valence-electron chi connectivity index (χ4n) is 1.64. The van der Waals surface area contributed by atoms with Gasteiger partial charge in [0.2, 0.25) is 0 Å². The molecule has 0 saturated carbocycles. The summed E-state index contributed by atoms with van der Waals surface area (Å²) < 4.78 is 0. The quantitative estimate of drug-likeness (QED) is 0.646. The summed E-state index contributed by atoms with van der Waals surface area (Å²) in [4.78, 5) is 22.1. The van der Waals surface area contributed by atoms with E-state index >= 15 is 0 Å². The second-order valence-electron chi connectivity index (χ2n) is 4.06. The lowest BCUT2D eigenvalue weighted by Gasteiger charge is -2.10. The summed E-state index contributed by atoms with van der Waals surface area (Å²) in [5.41, 5.74) is 6.18. The normalized spacial score (nSPS) is 10.1. The van der Waals surface area contributed by atoms with E-state index in [0.717, 1.165) is 19.3 Å². The van der Waals surface area contributed by atoms with E-state index in [1.165, 1.54) is 18.2 Å². The van der Waals surface area contributed by atoms with Crippen LogP contribution in [-0.4, -0.2) is 23.5 Å². The van der Waals surface area contributed by atoms with Crippen molar-refractivity contribution in [1.82, 2.24) is 0 Å². The number of hydrogen-bond acceptors (Lipinski definition) is 3. The number of unbranched alkanes of at least 4 members (excludes halogenated alkanes) is 2. The van der Waals surface area contributed by atoms with Gasteiger partial charge in [0.25, 0.3) is 5.91 Å². The molecule has 0 spiro atoms. The molecular formula is C13H18N2O3. The fraction of sp³-hybridized carbons (Fsp3) is 0.385. The predicted octanol–water partition coefficient (Wildman–Crippen LogP) is 2.09. The van der Waals surface area contributed by atoms with Gasteiger partial charge in [0.15, 0.2) is 0 Å². The standard InChI is InChI=1S/C13H18N2O3/c1-2-3-4-7-15-11-8-9(13(17)18)5-6-10(11)12(14)16/h5-6,8,15H,2-4,7H2,1H3,(H2,14,16)(H,17,18). The molecule has 0 atom stereocenters. The Labute approximate surface area is 106 Å². The van der Waals surface area contributed by atoms with Crippen LogP contribution in [0.25, 0.3) is 0 Å². The number of carbonyl (C=O) groups excluding carboxylic acids is 1. The lowest BCUT2D eigenvalue weighted by molar-refractivity contribution is 0.0696. The smallest absolute Gasteiger partial charge is 0.335 e. The summed E-state index contributed by atoms with van der Waals surface area (Å²) in [5, 5.41) is 12.0. The Hall–Kier alpha value is -2.04. The molecule has 0 aliphatic heterocycles. The van der Waals surface area contributed by atoms with E-state index in [0.29, 0.717) is 17.8 Å². The number of aromatic carboxylic acids is 1. The van der Waals surface area contributed by atoms with Crippen molar-refractivity contribution in [2.45, 2.75) is 26.2 Å². The number of carbonyl (C=O) groups is 2. The number of primary amides is 1. The van der Waals surface area contributed by atoms with Gasteiger partial charge in [-0.1, -0.05) is 19.8 Å². The Kier molecular flexibility index (Phi) is 5.17. The Balaban J connectivity index is 2.86. The van der Waals surface area contributed by atoms with Crippen LogP contribution < -0.4 is 11.1 Å². The Bertz CT molecular complexity index is 444. The lowest BCUT2D eigenvalue weighted by Crippen LogP contribution is -2.15. The molecular weight excluding hydrogens is 232 g/mol. The van der Waals surface area contributed by atoms with Gasteiger partial charge in [0.1, 0.15) is 0 Å². The van der Waals surface area contributed by atoms with Crippen LogP contribution in [0.1, 0.15) is 46.9 Å². The summed E-state index contributed by atoms with van der Waals surface area (Å²) in [6, 6.07) is 4.25. The van der Waals surface area contributed by atoms with Crippen molar-refractivity contribution in [3.05, 3.63) is 29.3 Å². The molecule has 0 saturated heterocycles. The SMILES string of the molecule is CCCCCNc1cc(C(=O)O)ccc1C(N)=O. The van der Waals surface area contributed by atoms with E-state index in [4.69, 9.17) is 10.8 Å². The molecule has 0 unspecified atom stereocenters. The van der Waals surface area contributed by atoms with Crippen molar-refractivity contribution in [3.8, 4) is 0 Å². The highest BCUT2D eigenvalue weighted by molar-refractivity contribution is 6.00. The first-order valence-electron chi connectivity index (χ1n) is 5.97. The van der Waals surface area contributed by atoms with Crippen molar-refractivity contribution in [2.24, 2.45) is 5.73 Å². The predicted molar refractivity (Wildman–Crippen MR) is 69.9 cm³/mol. The third-order valence-corrected chi connectivity index (χ3v) is 2.63. The van der Waals surface area contributed by atoms with Crippen LogP contribution in [0.2, 0.25) is 0 Å². The maximum Gasteiger partial charge on any atom is 0.335 e. The molecule has 0 aliphatic carbocycles. The summed E-state index contributed by atoms with van der Waals surface area (Å²) in [7, 11) is 0. The number of hydrogen-bond donors (Lipinski definition) is 3. The monoisotopic (exact) mass is 250 g/mol. The first-order valence-corrected chi connectivity index (χ1v) is 5.97. The second kappa shape index (κ2) is 6.64. The highest BCUT2D eigenvalue weighted by Crippen LogP contribution is 2.18. The molecule has 1 aromatic carbocycles. The summed E-state index contributed by atoms with van der Waals surface area (Å²) >= 11 is 0. The van der Waals surface area contributed by atoms with E-state index in [1.807, 2.05) is 0 Å². The van der Waals surface area contributed by atoms with Crippen LogP contribution in [0.3, 0.4) is 0 Å². The minimum atomic E-state index is -1.03. The van der Waals surface area contributed by atoms with Crippen molar-refractivity contribution in [3.63, 3.8) is 0 Å². The molecule has 1 amide bonds. The van der Waals surface area contributed by atoms with Gasteiger partial charge < -0.3 is 16.2 Å². The number of rotatable bonds is 7. The number of benzene rings is 1. The van der Waals surface area contributed by atoms with Crippen molar-refractivity contribution < 1.29 is 14.7 Å². The summed E-state index contributed by atoms with van der Waals surface area (Å²) in [6.45, 7) is 2.79. The largest absolute Gasteiger partial charge is 0.478 e. The Morgan fingerprint density at radius 3 is 2.61 bits per heavy atom. The maximum absolute atomic E-state index is 11.2. The molecule has 0 fully saturated rings. The third-order valence-electron chi connectivity index (χ3n) is 2.63. The van der Waals surface area contributed by atoms with Gasteiger partial charge in [0.05, 0.1) is 11.1 Å². The molecule has 0 bridgehead atoms. The first-order chi connectivity index (χ1) is 8.56. The van der Waals surface area contributed by atoms with Gasteiger partial charge >= 0.3 is 5.97 Å². The van der Waals surface area contributed by atoms with Gasteiger partial charge in [-0.3, -0.25) is 4.79 Å². The van der Waals surface area contributed by atoms with Crippen LogP contribution in [0, 0.1) is 0 Å². The highest BCUT2D eigenvalue weighted by atomic mass is 16.4. The van der Waals surface area contributed by atoms with Crippen LogP contribution in [-0.2, 0) is 0 Å². The van der Waals surface area contributed by atoms with Gasteiger partial charge in [-0.15, -0.1) is 0 Å². The second-order valence-corrected chi connectivity index (χ2v) is 4.06. The minimum absolute atomic E-state index is 0.137. The van der Waals surface area contributed by atoms with Gasteiger partial charge in [-0.2, -0.15) is 0 Å². The number of anilines is 1. The molecule has 5 nitrogen and oxygen atoms in total.